The van der Waals surface area contributed by atoms with Gasteiger partial charge in [0.2, 0.25) is 11.9 Å². The van der Waals surface area contributed by atoms with Gasteiger partial charge in [0.15, 0.2) is 5.16 Å². The molecule has 0 bridgehead atoms. The van der Waals surface area contributed by atoms with E-state index in [1.165, 1.54) is 15.4 Å². The lowest BCUT2D eigenvalue weighted by Crippen LogP contribution is -2.28. The van der Waals surface area contributed by atoms with Gasteiger partial charge in [-0.25, -0.2) is 4.79 Å². The summed E-state index contributed by atoms with van der Waals surface area (Å²) < 4.78 is 7.83. The SMILES string of the molecule is CCOC(=O)c1cnn(C)c1NC(=O)C(CC)n1c(N)nnc1SCC#N. The van der Waals surface area contributed by atoms with E-state index in [0.717, 1.165) is 11.8 Å². The molecule has 2 rings (SSSR count). The highest BCUT2D eigenvalue weighted by molar-refractivity contribution is 7.99. The maximum absolute atomic E-state index is 12.9. The van der Waals surface area contributed by atoms with E-state index >= 15 is 0 Å². The molecule has 0 saturated carbocycles. The van der Waals surface area contributed by atoms with Crippen LogP contribution in [0.15, 0.2) is 11.4 Å². The summed E-state index contributed by atoms with van der Waals surface area (Å²) in [5, 5.41) is 23.5. The number of ether oxygens (including phenoxy) is 1. The van der Waals surface area contributed by atoms with Gasteiger partial charge in [-0.1, -0.05) is 18.7 Å². The number of nitrogens with zero attached hydrogens (tertiary/aromatic N) is 6. The number of nitrogens with one attached hydrogen (secondary N) is 1. The third kappa shape index (κ3) is 4.37. The fourth-order valence-electron chi connectivity index (χ4n) is 2.41. The molecule has 2 aromatic rings. The van der Waals surface area contributed by atoms with Crippen molar-refractivity contribution in [2.75, 3.05) is 23.4 Å². The molecule has 12 heteroatoms. The van der Waals surface area contributed by atoms with Crippen molar-refractivity contribution < 1.29 is 14.3 Å². The third-order valence-electron chi connectivity index (χ3n) is 3.63. The highest BCUT2D eigenvalue weighted by Gasteiger charge is 2.27. The molecule has 0 spiro atoms. The van der Waals surface area contributed by atoms with Crippen LogP contribution in [-0.4, -0.2) is 48.8 Å². The molecule has 0 aliphatic carbocycles. The van der Waals surface area contributed by atoms with Crippen LogP contribution in [-0.2, 0) is 16.6 Å². The number of amides is 1. The monoisotopic (exact) mass is 392 g/mol. The Morgan fingerprint density at radius 3 is 2.81 bits per heavy atom. The Balaban J connectivity index is 2.30. The molecule has 27 heavy (non-hydrogen) atoms. The van der Waals surface area contributed by atoms with Crippen LogP contribution in [0.4, 0.5) is 11.8 Å². The quantitative estimate of drug-likeness (QED) is 0.494. The van der Waals surface area contributed by atoms with Crippen molar-refractivity contribution in [3.8, 4) is 6.07 Å². The number of nitriles is 1. The summed E-state index contributed by atoms with van der Waals surface area (Å²) in [5.74, 6) is -0.576. The summed E-state index contributed by atoms with van der Waals surface area (Å²) in [4.78, 5) is 24.9. The number of carbonyl (C=O) groups excluding carboxylic acids is 2. The number of anilines is 2. The van der Waals surface area contributed by atoms with Gasteiger partial charge in [-0.2, -0.15) is 10.4 Å². The molecule has 0 aliphatic rings. The van der Waals surface area contributed by atoms with Crippen LogP contribution in [0, 0.1) is 11.3 Å². The summed E-state index contributed by atoms with van der Waals surface area (Å²) in [6.45, 7) is 3.70. The molecule has 0 aromatic carbocycles. The number of hydrogen-bond donors (Lipinski definition) is 2. The Labute approximate surface area is 159 Å². The smallest absolute Gasteiger partial charge is 0.343 e. The zero-order chi connectivity index (χ0) is 20.0. The fourth-order valence-corrected chi connectivity index (χ4v) is 3.06. The van der Waals surface area contributed by atoms with Crippen LogP contribution in [0.25, 0.3) is 0 Å². The second-order valence-corrected chi connectivity index (χ2v) is 6.26. The Morgan fingerprint density at radius 2 is 2.19 bits per heavy atom. The summed E-state index contributed by atoms with van der Waals surface area (Å²) in [6, 6.07) is 1.26. The molecule has 0 saturated heterocycles. The van der Waals surface area contributed by atoms with E-state index in [2.05, 4.69) is 20.6 Å². The van der Waals surface area contributed by atoms with Crippen molar-refractivity contribution >= 4 is 35.4 Å². The number of nitrogens with two attached hydrogens (primary N) is 1. The average molecular weight is 392 g/mol. The Hall–Kier alpha value is -3.07. The normalized spacial score (nSPS) is 11.6. The van der Waals surface area contributed by atoms with Crippen molar-refractivity contribution in [3.63, 3.8) is 0 Å². The van der Waals surface area contributed by atoms with E-state index in [0.29, 0.717) is 11.6 Å². The van der Waals surface area contributed by atoms with Crippen molar-refractivity contribution in [2.24, 2.45) is 7.05 Å². The predicted molar refractivity (Wildman–Crippen MR) is 97.9 cm³/mol. The summed E-state index contributed by atoms with van der Waals surface area (Å²) >= 11 is 1.13. The van der Waals surface area contributed by atoms with Crippen molar-refractivity contribution in [3.05, 3.63) is 11.8 Å². The van der Waals surface area contributed by atoms with E-state index in [1.54, 1.807) is 20.9 Å². The highest BCUT2D eigenvalue weighted by Crippen LogP contribution is 2.26. The lowest BCUT2D eigenvalue weighted by Gasteiger charge is -2.19. The van der Waals surface area contributed by atoms with Crippen molar-refractivity contribution in [1.82, 2.24) is 24.5 Å². The van der Waals surface area contributed by atoms with Gasteiger partial charge in [-0.3, -0.25) is 14.0 Å². The molecule has 1 atom stereocenters. The van der Waals surface area contributed by atoms with E-state index < -0.39 is 17.9 Å². The molecule has 1 unspecified atom stereocenters. The van der Waals surface area contributed by atoms with Gasteiger partial charge in [-0.15, -0.1) is 10.2 Å². The Bertz CT molecular complexity index is 869. The van der Waals surface area contributed by atoms with E-state index in [-0.39, 0.29) is 29.7 Å². The zero-order valence-electron chi connectivity index (χ0n) is 15.2. The lowest BCUT2D eigenvalue weighted by atomic mass is 10.2. The molecule has 1 amide bonds. The minimum absolute atomic E-state index is 0.0630. The van der Waals surface area contributed by atoms with Crippen LogP contribution in [0.3, 0.4) is 0 Å². The number of thioether (sulfide) groups is 1. The minimum atomic E-state index is -0.730. The Morgan fingerprint density at radius 1 is 1.44 bits per heavy atom. The third-order valence-corrected chi connectivity index (χ3v) is 4.44. The van der Waals surface area contributed by atoms with Crippen LogP contribution >= 0.6 is 11.8 Å². The van der Waals surface area contributed by atoms with Crippen LogP contribution in [0.2, 0.25) is 0 Å². The fraction of sp³-hybridized carbons (Fsp3) is 0.467. The van der Waals surface area contributed by atoms with Crippen LogP contribution < -0.4 is 11.1 Å². The van der Waals surface area contributed by atoms with Gasteiger partial charge in [-0.05, 0) is 13.3 Å². The average Bonchev–Trinajstić information content (AvgIpc) is 3.18. The summed E-state index contributed by atoms with van der Waals surface area (Å²) in [6.07, 6.45) is 1.72. The second kappa shape index (κ2) is 9.04. The molecular weight excluding hydrogens is 372 g/mol. The molecule has 2 heterocycles. The van der Waals surface area contributed by atoms with Crippen LogP contribution in [0.1, 0.15) is 36.7 Å². The van der Waals surface area contributed by atoms with Gasteiger partial charge in [0.05, 0.1) is 24.6 Å². The van der Waals surface area contributed by atoms with Gasteiger partial charge >= 0.3 is 5.97 Å². The summed E-state index contributed by atoms with van der Waals surface area (Å²) in [5.41, 5.74) is 6.02. The first kappa shape index (κ1) is 20.2. The maximum atomic E-state index is 12.9. The largest absolute Gasteiger partial charge is 0.462 e. The molecule has 0 aliphatic heterocycles. The molecular formula is C15H20N8O3S. The number of esters is 1. The van der Waals surface area contributed by atoms with Gasteiger partial charge in [0, 0.05) is 7.05 Å². The standard InChI is InChI=1S/C15H20N8O3S/c1-4-10(23-14(17)20-21-15(23)27-7-6-16)12(24)19-11-9(8-18-22(11)3)13(25)26-5-2/h8,10H,4-5,7H2,1-3H3,(H2,17,20)(H,19,24). The number of carbonyl (C=O) groups is 2. The highest BCUT2D eigenvalue weighted by atomic mass is 32.2. The second-order valence-electron chi connectivity index (χ2n) is 5.32. The van der Waals surface area contributed by atoms with Crippen LogP contribution in [0.5, 0.6) is 0 Å². The van der Waals surface area contributed by atoms with E-state index in [1.807, 2.05) is 6.07 Å². The van der Waals surface area contributed by atoms with Gasteiger partial charge in [0.25, 0.3) is 0 Å². The topological polar surface area (TPSA) is 154 Å². The number of nitrogen functional groups attached to an aromatic ring is 1. The van der Waals surface area contributed by atoms with E-state index in [9.17, 15) is 9.59 Å². The van der Waals surface area contributed by atoms with Crippen molar-refractivity contribution in [2.45, 2.75) is 31.5 Å². The predicted octanol–water partition coefficient (Wildman–Crippen LogP) is 0.976. The minimum Gasteiger partial charge on any atom is -0.462 e. The van der Waals surface area contributed by atoms with E-state index in [4.69, 9.17) is 15.7 Å². The number of rotatable bonds is 8. The zero-order valence-corrected chi connectivity index (χ0v) is 16.0. The number of aromatic nitrogens is 5. The van der Waals surface area contributed by atoms with Crippen molar-refractivity contribution in [1.29, 1.82) is 5.26 Å². The molecule has 3 N–H and O–H groups in total. The molecule has 0 radical (unpaired) electrons. The lowest BCUT2D eigenvalue weighted by molar-refractivity contribution is -0.119. The first-order valence-corrected chi connectivity index (χ1v) is 9.13. The molecule has 11 nitrogen and oxygen atoms in total. The molecule has 0 fully saturated rings. The summed E-state index contributed by atoms with van der Waals surface area (Å²) in [7, 11) is 1.60. The first-order valence-electron chi connectivity index (χ1n) is 8.14. The maximum Gasteiger partial charge on any atom is 0.343 e. The Kier molecular flexibility index (Phi) is 6.78. The van der Waals surface area contributed by atoms with Gasteiger partial charge in [0.1, 0.15) is 17.4 Å². The number of hydrogen-bond acceptors (Lipinski definition) is 9. The molecule has 144 valence electrons. The first-order chi connectivity index (χ1) is 12.9. The molecule has 2 aromatic heterocycles. The van der Waals surface area contributed by atoms with Gasteiger partial charge < -0.3 is 15.8 Å². The number of aryl methyl sites for hydroxylation is 1.